The van der Waals surface area contributed by atoms with Crippen molar-refractivity contribution in [3.63, 3.8) is 0 Å². The first kappa shape index (κ1) is 14.1. The molecule has 106 valence electrons. The van der Waals surface area contributed by atoms with Crippen LogP contribution in [0.1, 0.15) is 17.4 Å². The first-order chi connectivity index (χ1) is 9.70. The van der Waals surface area contributed by atoms with Gasteiger partial charge in [-0.2, -0.15) is 0 Å². The lowest BCUT2D eigenvalue weighted by atomic mass is 10.2. The molecule has 0 bridgehead atoms. The standard InChI is InChI=1S/C15H18N2O3/c1-11-6-3-4-7-12(11)17-15(18)16-10-14(19-2)13-8-5-9-20-13/h3-9,14H,10H2,1-2H3,(H2,16,17,18)/t14-/m0/s1. The van der Waals surface area contributed by atoms with E-state index in [0.717, 1.165) is 11.3 Å². The zero-order valence-electron chi connectivity index (χ0n) is 11.6. The Hall–Kier alpha value is -2.27. The van der Waals surface area contributed by atoms with Crippen LogP contribution in [-0.4, -0.2) is 19.7 Å². The van der Waals surface area contributed by atoms with Gasteiger partial charge in [0.2, 0.25) is 0 Å². The van der Waals surface area contributed by atoms with Gasteiger partial charge < -0.3 is 19.8 Å². The summed E-state index contributed by atoms with van der Waals surface area (Å²) in [6.45, 7) is 2.28. The Morgan fingerprint density at radius 2 is 2.10 bits per heavy atom. The van der Waals surface area contributed by atoms with Crippen LogP contribution >= 0.6 is 0 Å². The molecule has 2 aromatic rings. The van der Waals surface area contributed by atoms with Gasteiger partial charge in [-0.05, 0) is 30.7 Å². The number of para-hydroxylation sites is 1. The third-order valence-electron chi connectivity index (χ3n) is 2.99. The van der Waals surface area contributed by atoms with Gasteiger partial charge in [0.05, 0.1) is 12.8 Å². The van der Waals surface area contributed by atoms with E-state index in [0.29, 0.717) is 12.3 Å². The highest BCUT2D eigenvalue weighted by molar-refractivity contribution is 5.90. The molecule has 1 aromatic carbocycles. The number of furan rings is 1. The number of amides is 2. The van der Waals surface area contributed by atoms with Crippen molar-refractivity contribution in [1.29, 1.82) is 0 Å². The summed E-state index contributed by atoms with van der Waals surface area (Å²) in [6, 6.07) is 10.9. The highest BCUT2D eigenvalue weighted by atomic mass is 16.5. The highest BCUT2D eigenvalue weighted by Crippen LogP contribution is 2.16. The van der Waals surface area contributed by atoms with Gasteiger partial charge in [0.25, 0.3) is 0 Å². The number of hydrogen-bond acceptors (Lipinski definition) is 3. The fourth-order valence-corrected chi connectivity index (χ4v) is 1.84. The van der Waals surface area contributed by atoms with Gasteiger partial charge in [-0.15, -0.1) is 0 Å². The van der Waals surface area contributed by atoms with Crippen molar-refractivity contribution in [2.75, 3.05) is 19.0 Å². The third kappa shape index (κ3) is 3.61. The summed E-state index contributed by atoms with van der Waals surface area (Å²) in [7, 11) is 1.58. The summed E-state index contributed by atoms with van der Waals surface area (Å²) >= 11 is 0. The molecule has 20 heavy (non-hydrogen) atoms. The highest BCUT2D eigenvalue weighted by Gasteiger charge is 2.14. The molecule has 0 radical (unpaired) electrons. The first-order valence-electron chi connectivity index (χ1n) is 6.37. The van der Waals surface area contributed by atoms with Crippen molar-refractivity contribution in [3.8, 4) is 0 Å². The van der Waals surface area contributed by atoms with Crippen LogP contribution in [0.5, 0.6) is 0 Å². The van der Waals surface area contributed by atoms with E-state index in [1.807, 2.05) is 37.3 Å². The maximum atomic E-state index is 11.8. The minimum Gasteiger partial charge on any atom is -0.467 e. The molecular weight excluding hydrogens is 256 g/mol. The zero-order chi connectivity index (χ0) is 14.4. The smallest absolute Gasteiger partial charge is 0.319 e. The van der Waals surface area contributed by atoms with Crippen molar-refractivity contribution >= 4 is 11.7 Å². The Kier molecular flexibility index (Phi) is 4.79. The maximum Gasteiger partial charge on any atom is 0.319 e. The number of methoxy groups -OCH3 is 1. The van der Waals surface area contributed by atoms with Crippen molar-refractivity contribution in [1.82, 2.24) is 5.32 Å². The minimum atomic E-state index is -0.298. The van der Waals surface area contributed by atoms with Crippen molar-refractivity contribution in [3.05, 3.63) is 54.0 Å². The largest absolute Gasteiger partial charge is 0.467 e. The molecule has 0 fully saturated rings. The Morgan fingerprint density at radius 3 is 2.75 bits per heavy atom. The Balaban J connectivity index is 1.87. The molecule has 1 atom stereocenters. The quantitative estimate of drug-likeness (QED) is 0.880. The molecular formula is C15H18N2O3. The van der Waals surface area contributed by atoms with Crippen LogP contribution in [0.2, 0.25) is 0 Å². The number of carbonyl (C=O) groups is 1. The number of urea groups is 1. The summed E-state index contributed by atoms with van der Waals surface area (Å²) in [6.07, 6.45) is 1.28. The normalized spacial score (nSPS) is 11.9. The van der Waals surface area contributed by atoms with Crippen molar-refractivity contribution in [2.24, 2.45) is 0 Å². The van der Waals surface area contributed by atoms with E-state index < -0.39 is 0 Å². The third-order valence-corrected chi connectivity index (χ3v) is 2.99. The van der Waals surface area contributed by atoms with Gasteiger partial charge in [-0.1, -0.05) is 18.2 Å². The number of nitrogens with one attached hydrogen (secondary N) is 2. The topological polar surface area (TPSA) is 63.5 Å². The van der Waals surface area contributed by atoms with Gasteiger partial charge in [0.1, 0.15) is 11.9 Å². The predicted molar refractivity (Wildman–Crippen MR) is 76.7 cm³/mol. The zero-order valence-corrected chi connectivity index (χ0v) is 11.6. The second kappa shape index (κ2) is 6.77. The number of anilines is 1. The molecule has 2 N–H and O–H groups in total. The summed E-state index contributed by atoms with van der Waals surface area (Å²) in [5.41, 5.74) is 1.80. The number of ether oxygens (including phenoxy) is 1. The van der Waals surface area contributed by atoms with Crippen LogP contribution in [0.15, 0.2) is 47.1 Å². The average Bonchev–Trinajstić information content (AvgIpc) is 2.96. The fourth-order valence-electron chi connectivity index (χ4n) is 1.84. The Morgan fingerprint density at radius 1 is 1.30 bits per heavy atom. The SMILES string of the molecule is CO[C@@H](CNC(=O)Nc1ccccc1C)c1ccco1. The summed E-state index contributed by atoms with van der Waals surface area (Å²) in [5, 5.41) is 5.56. The molecule has 2 amide bonds. The van der Waals surface area contributed by atoms with Gasteiger partial charge in [-0.25, -0.2) is 4.79 Å². The Bertz CT molecular complexity index is 552. The van der Waals surface area contributed by atoms with Crippen LogP contribution in [-0.2, 0) is 4.74 Å². The van der Waals surface area contributed by atoms with Gasteiger partial charge in [0.15, 0.2) is 0 Å². The number of benzene rings is 1. The number of aryl methyl sites for hydroxylation is 1. The monoisotopic (exact) mass is 274 g/mol. The first-order valence-corrected chi connectivity index (χ1v) is 6.37. The predicted octanol–water partition coefficient (Wildman–Crippen LogP) is 3.10. The lowest BCUT2D eigenvalue weighted by Crippen LogP contribution is -2.33. The number of carbonyl (C=O) groups excluding carboxylic acids is 1. The molecule has 1 aromatic heterocycles. The van der Waals surface area contributed by atoms with Crippen molar-refractivity contribution < 1.29 is 13.9 Å². The second-order valence-corrected chi connectivity index (χ2v) is 4.39. The molecule has 1 heterocycles. The summed E-state index contributed by atoms with van der Waals surface area (Å²) in [4.78, 5) is 11.8. The van der Waals surface area contributed by atoms with E-state index in [9.17, 15) is 4.79 Å². The molecule has 0 saturated carbocycles. The Labute approximate surface area is 117 Å². The van der Waals surface area contributed by atoms with Gasteiger partial charge >= 0.3 is 6.03 Å². The fraction of sp³-hybridized carbons (Fsp3) is 0.267. The van der Waals surface area contributed by atoms with Crippen LogP contribution in [0.3, 0.4) is 0 Å². The number of rotatable bonds is 5. The molecule has 0 unspecified atom stereocenters. The lowest BCUT2D eigenvalue weighted by Gasteiger charge is -2.14. The summed E-state index contributed by atoms with van der Waals surface area (Å²) < 4.78 is 10.5. The average molecular weight is 274 g/mol. The number of hydrogen-bond donors (Lipinski definition) is 2. The van der Waals surface area contributed by atoms with Gasteiger partial charge in [0, 0.05) is 12.8 Å². The van der Waals surface area contributed by atoms with E-state index in [-0.39, 0.29) is 12.1 Å². The molecule has 5 nitrogen and oxygen atoms in total. The molecule has 0 aliphatic carbocycles. The van der Waals surface area contributed by atoms with Crippen LogP contribution in [0.4, 0.5) is 10.5 Å². The molecule has 0 spiro atoms. The molecule has 2 rings (SSSR count). The van der Waals surface area contributed by atoms with E-state index in [1.54, 1.807) is 19.4 Å². The van der Waals surface area contributed by atoms with E-state index in [1.165, 1.54) is 0 Å². The van der Waals surface area contributed by atoms with E-state index in [2.05, 4.69) is 10.6 Å². The van der Waals surface area contributed by atoms with Crippen molar-refractivity contribution in [2.45, 2.75) is 13.0 Å². The van der Waals surface area contributed by atoms with E-state index >= 15 is 0 Å². The maximum absolute atomic E-state index is 11.8. The summed E-state index contributed by atoms with van der Waals surface area (Å²) in [5.74, 6) is 0.684. The van der Waals surface area contributed by atoms with Gasteiger partial charge in [-0.3, -0.25) is 0 Å². The second-order valence-electron chi connectivity index (χ2n) is 4.39. The van der Waals surface area contributed by atoms with Crippen LogP contribution in [0.25, 0.3) is 0 Å². The molecule has 0 saturated heterocycles. The molecule has 5 heteroatoms. The molecule has 0 aliphatic rings. The van der Waals surface area contributed by atoms with Crippen LogP contribution < -0.4 is 10.6 Å². The van der Waals surface area contributed by atoms with E-state index in [4.69, 9.17) is 9.15 Å². The lowest BCUT2D eigenvalue weighted by molar-refractivity contribution is 0.0855. The minimum absolute atomic E-state index is 0.270. The van der Waals surface area contributed by atoms with Crippen LogP contribution in [0, 0.1) is 6.92 Å². The molecule has 0 aliphatic heterocycles.